The van der Waals surface area contributed by atoms with Crippen LogP contribution in [-0.2, 0) is 0 Å². The molecule has 1 heterocycles. The summed E-state index contributed by atoms with van der Waals surface area (Å²) in [6, 6.07) is 12.4. The lowest BCUT2D eigenvalue weighted by atomic mass is 10.1. The maximum atomic E-state index is 4.30. The van der Waals surface area contributed by atoms with Crippen LogP contribution in [0.3, 0.4) is 0 Å². The molecule has 1 aromatic heterocycles. The highest BCUT2D eigenvalue weighted by Gasteiger charge is 2.01. The van der Waals surface area contributed by atoms with Crippen molar-refractivity contribution in [3.05, 3.63) is 47.1 Å². The van der Waals surface area contributed by atoms with Crippen molar-refractivity contribution in [3.63, 3.8) is 0 Å². The zero-order chi connectivity index (χ0) is 11.5. The lowest BCUT2D eigenvalue weighted by Crippen LogP contribution is -2.10. The van der Waals surface area contributed by atoms with Crippen molar-refractivity contribution in [2.75, 3.05) is 19.0 Å². The van der Waals surface area contributed by atoms with Gasteiger partial charge >= 0.3 is 0 Å². The van der Waals surface area contributed by atoms with E-state index in [0.29, 0.717) is 0 Å². The van der Waals surface area contributed by atoms with Gasteiger partial charge in [-0.1, -0.05) is 28.1 Å². The van der Waals surface area contributed by atoms with Gasteiger partial charge in [0.05, 0.1) is 0 Å². The highest BCUT2D eigenvalue weighted by Crippen LogP contribution is 2.23. The van der Waals surface area contributed by atoms with Crippen molar-refractivity contribution < 1.29 is 0 Å². The van der Waals surface area contributed by atoms with Gasteiger partial charge in [-0.3, -0.25) is 0 Å². The van der Waals surface area contributed by atoms with Gasteiger partial charge in [-0.25, -0.2) is 4.98 Å². The van der Waals surface area contributed by atoms with Gasteiger partial charge in [-0.05, 0) is 35.4 Å². The second-order valence-electron chi connectivity index (χ2n) is 3.80. The van der Waals surface area contributed by atoms with Crippen molar-refractivity contribution >= 4 is 21.7 Å². The van der Waals surface area contributed by atoms with Crippen LogP contribution in [0.5, 0.6) is 0 Å². The van der Waals surface area contributed by atoms with Crippen LogP contribution in [0, 0.1) is 0 Å². The van der Waals surface area contributed by atoms with E-state index in [1.807, 2.05) is 43.4 Å². The average molecular weight is 277 g/mol. The smallest absolute Gasteiger partial charge is 0.128 e. The topological polar surface area (TPSA) is 16.1 Å². The molecule has 16 heavy (non-hydrogen) atoms. The van der Waals surface area contributed by atoms with Crippen LogP contribution in [-0.4, -0.2) is 19.1 Å². The van der Waals surface area contributed by atoms with Gasteiger partial charge in [0.1, 0.15) is 5.82 Å². The average Bonchev–Trinajstić information content (AvgIpc) is 2.30. The summed E-state index contributed by atoms with van der Waals surface area (Å²) >= 11 is 3.44. The number of rotatable bonds is 2. The number of hydrogen-bond donors (Lipinski definition) is 0. The SMILES string of the molecule is CN(C)c1cc(-c2ccc(Br)cc2)ccn1. The quantitative estimate of drug-likeness (QED) is 0.834. The minimum Gasteiger partial charge on any atom is -0.363 e. The normalized spacial score (nSPS) is 10.2. The lowest BCUT2D eigenvalue weighted by Gasteiger charge is -2.12. The Morgan fingerprint density at radius 1 is 1.00 bits per heavy atom. The van der Waals surface area contributed by atoms with Gasteiger partial charge in [0.25, 0.3) is 0 Å². The minimum absolute atomic E-state index is 0.973. The van der Waals surface area contributed by atoms with Gasteiger partial charge in [-0.2, -0.15) is 0 Å². The zero-order valence-corrected chi connectivity index (χ0v) is 10.9. The minimum atomic E-state index is 0.973. The van der Waals surface area contributed by atoms with Crippen LogP contribution >= 0.6 is 15.9 Å². The van der Waals surface area contributed by atoms with Crippen LogP contribution in [0.4, 0.5) is 5.82 Å². The fraction of sp³-hybridized carbons (Fsp3) is 0.154. The number of benzene rings is 1. The predicted octanol–water partition coefficient (Wildman–Crippen LogP) is 3.58. The third-order valence-electron chi connectivity index (χ3n) is 2.38. The molecule has 0 saturated heterocycles. The predicted molar refractivity (Wildman–Crippen MR) is 71.7 cm³/mol. The first-order valence-corrected chi connectivity index (χ1v) is 5.85. The molecule has 0 radical (unpaired) electrons. The van der Waals surface area contributed by atoms with Crippen molar-refractivity contribution in [1.29, 1.82) is 0 Å². The Kier molecular flexibility index (Phi) is 3.25. The molecular weight excluding hydrogens is 264 g/mol. The maximum absolute atomic E-state index is 4.30. The molecule has 0 saturated carbocycles. The van der Waals surface area contributed by atoms with Crippen LogP contribution in [0.25, 0.3) is 11.1 Å². The maximum Gasteiger partial charge on any atom is 0.128 e. The second-order valence-corrected chi connectivity index (χ2v) is 4.72. The van der Waals surface area contributed by atoms with Crippen molar-refractivity contribution in [3.8, 4) is 11.1 Å². The van der Waals surface area contributed by atoms with Gasteiger partial charge in [0, 0.05) is 24.8 Å². The van der Waals surface area contributed by atoms with Crippen LogP contribution in [0.15, 0.2) is 47.1 Å². The molecule has 2 aromatic rings. The zero-order valence-electron chi connectivity index (χ0n) is 9.31. The second kappa shape index (κ2) is 4.66. The Hall–Kier alpha value is -1.35. The summed E-state index contributed by atoms with van der Waals surface area (Å²) in [5.41, 5.74) is 2.39. The van der Waals surface area contributed by atoms with E-state index in [1.165, 1.54) is 11.1 Å². The van der Waals surface area contributed by atoms with E-state index in [2.05, 4.69) is 39.1 Å². The number of nitrogens with zero attached hydrogens (tertiary/aromatic N) is 2. The van der Waals surface area contributed by atoms with Gasteiger partial charge in [0.2, 0.25) is 0 Å². The van der Waals surface area contributed by atoms with E-state index >= 15 is 0 Å². The molecular formula is C13H13BrN2. The van der Waals surface area contributed by atoms with Crippen molar-refractivity contribution in [2.24, 2.45) is 0 Å². The first kappa shape index (κ1) is 11.1. The van der Waals surface area contributed by atoms with E-state index in [1.54, 1.807) is 0 Å². The lowest BCUT2D eigenvalue weighted by molar-refractivity contribution is 1.07. The van der Waals surface area contributed by atoms with Gasteiger partial charge in [0.15, 0.2) is 0 Å². The standard InChI is InChI=1S/C13H13BrN2/c1-16(2)13-9-11(7-8-15-13)10-3-5-12(14)6-4-10/h3-9H,1-2H3. The number of aromatic nitrogens is 1. The molecule has 2 rings (SSSR count). The van der Waals surface area contributed by atoms with E-state index < -0.39 is 0 Å². The highest BCUT2D eigenvalue weighted by atomic mass is 79.9. The molecule has 0 fully saturated rings. The third kappa shape index (κ3) is 2.42. The Morgan fingerprint density at radius 2 is 1.69 bits per heavy atom. The molecule has 82 valence electrons. The Bertz CT molecular complexity index is 478. The Morgan fingerprint density at radius 3 is 2.31 bits per heavy atom. The molecule has 0 aliphatic heterocycles. The summed E-state index contributed by atoms with van der Waals surface area (Å²) in [6.07, 6.45) is 1.84. The molecule has 2 nitrogen and oxygen atoms in total. The fourth-order valence-electron chi connectivity index (χ4n) is 1.48. The van der Waals surface area contributed by atoms with Gasteiger partial charge < -0.3 is 4.90 Å². The van der Waals surface area contributed by atoms with Crippen molar-refractivity contribution in [1.82, 2.24) is 4.98 Å². The molecule has 0 bridgehead atoms. The van der Waals surface area contributed by atoms with Crippen molar-refractivity contribution in [2.45, 2.75) is 0 Å². The summed E-state index contributed by atoms with van der Waals surface area (Å²) in [4.78, 5) is 6.30. The van der Waals surface area contributed by atoms with E-state index in [-0.39, 0.29) is 0 Å². The van der Waals surface area contributed by atoms with Crippen LogP contribution in [0.1, 0.15) is 0 Å². The largest absolute Gasteiger partial charge is 0.363 e. The number of halogens is 1. The molecule has 0 spiro atoms. The monoisotopic (exact) mass is 276 g/mol. The summed E-state index contributed by atoms with van der Waals surface area (Å²) in [7, 11) is 3.99. The summed E-state index contributed by atoms with van der Waals surface area (Å²) in [5, 5.41) is 0. The Balaban J connectivity index is 2.40. The third-order valence-corrected chi connectivity index (χ3v) is 2.91. The molecule has 0 aliphatic carbocycles. The first-order valence-electron chi connectivity index (χ1n) is 5.06. The molecule has 0 aliphatic rings. The van der Waals surface area contributed by atoms with E-state index in [0.717, 1.165) is 10.3 Å². The molecule has 0 atom stereocenters. The van der Waals surface area contributed by atoms with Crippen LogP contribution < -0.4 is 4.90 Å². The molecule has 3 heteroatoms. The van der Waals surface area contributed by atoms with Gasteiger partial charge in [-0.15, -0.1) is 0 Å². The molecule has 0 amide bonds. The first-order chi connectivity index (χ1) is 7.66. The highest BCUT2D eigenvalue weighted by molar-refractivity contribution is 9.10. The molecule has 1 aromatic carbocycles. The van der Waals surface area contributed by atoms with E-state index in [4.69, 9.17) is 0 Å². The number of hydrogen-bond acceptors (Lipinski definition) is 2. The molecule has 0 unspecified atom stereocenters. The van der Waals surface area contributed by atoms with Crippen LogP contribution in [0.2, 0.25) is 0 Å². The molecule has 0 N–H and O–H groups in total. The van der Waals surface area contributed by atoms with E-state index in [9.17, 15) is 0 Å². The number of pyridine rings is 1. The summed E-state index contributed by atoms with van der Waals surface area (Å²) in [5.74, 6) is 0.973. The number of anilines is 1. The Labute approximate surface area is 104 Å². The fourth-order valence-corrected chi connectivity index (χ4v) is 1.75. The summed E-state index contributed by atoms with van der Waals surface area (Å²) in [6.45, 7) is 0. The summed E-state index contributed by atoms with van der Waals surface area (Å²) < 4.78 is 1.10.